The minimum atomic E-state index is -0.644. The Morgan fingerprint density at radius 3 is 2.64 bits per heavy atom. The van der Waals surface area contributed by atoms with Gasteiger partial charge in [0.05, 0.1) is 7.11 Å². The lowest BCUT2D eigenvalue weighted by atomic mass is 10.2. The number of ether oxygens (including phenoxy) is 1. The zero-order valence-electron chi connectivity index (χ0n) is 7.95. The Labute approximate surface area is 81.1 Å². The Morgan fingerprint density at radius 2 is 2.21 bits per heavy atom. The fraction of sp³-hybridized carbons (Fsp3) is 0.222. The van der Waals surface area contributed by atoms with Gasteiger partial charge >= 0.3 is 6.03 Å². The standard InChI is InChI=1S/C9H11FN2O2/c1-12(9(11)13)6-3-4-8(14-2)7(10)5-6/h3-5H,1-2H3,(H2,11,13). The van der Waals surface area contributed by atoms with Gasteiger partial charge in [0.1, 0.15) is 0 Å². The third-order valence-corrected chi connectivity index (χ3v) is 1.85. The van der Waals surface area contributed by atoms with E-state index in [0.29, 0.717) is 5.69 Å². The highest BCUT2D eigenvalue weighted by Crippen LogP contribution is 2.22. The van der Waals surface area contributed by atoms with E-state index in [9.17, 15) is 9.18 Å². The van der Waals surface area contributed by atoms with Gasteiger partial charge in [-0.15, -0.1) is 0 Å². The van der Waals surface area contributed by atoms with Crippen LogP contribution in [0.1, 0.15) is 0 Å². The molecule has 0 atom stereocenters. The number of primary amides is 1. The Kier molecular flexibility index (Phi) is 2.91. The summed E-state index contributed by atoms with van der Waals surface area (Å²) in [6.07, 6.45) is 0. The Hall–Kier alpha value is -1.78. The molecule has 0 aliphatic rings. The van der Waals surface area contributed by atoms with Crippen LogP contribution in [0.2, 0.25) is 0 Å². The third-order valence-electron chi connectivity index (χ3n) is 1.85. The molecule has 2 N–H and O–H groups in total. The van der Waals surface area contributed by atoms with Gasteiger partial charge in [-0.1, -0.05) is 0 Å². The van der Waals surface area contributed by atoms with Crippen molar-refractivity contribution < 1.29 is 13.9 Å². The summed E-state index contributed by atoms with van der Waals surface area (Å²) in [5, 5.41) is 0. The molecule has 0 aromatic heterocycles. The maximum absolute atomic E-state index is 13.2. The van der Waals surface area contributed by atoms with Crippen LogP contribution in [0.3, 0.4) is 0 Å². The highest BCUT2D eigenvalue weighted by Gasteiger charge is 2.09. The fourth-order valence-corrected chi connectivity index (χ4v) is 0.991. The topological polar surface area (TPSA) is 55.6 Å². The van der Waals surface area contributed by atoms with Crippen LogP contribution in [-0.2, 0) is 0 Å². The number of hydrogen-bond donors (Lipinski definition) is 1. The van der Waals surface area contributed by atoms with Gasteiger partial charge in [0, 0.05) is 18.8 Å². The highest BCUT2D eigenvalue weighted by molar-refractivity contribution is 5.90. The van der Waals surface area contributed by atoms with Crippen molar-refractivity contribution in [2.24, 2.45) is 5.73 Å². The molecule has 2 amide bonds. The van der Waals surface area contributed by atoms with Crippen LogP contribution in [0.5, 0.6) is 5.75 Å². The monoisotopic (exact) mass is 198 g/mol. The lowest BCUT2D eigenvalue weighted by Gasteiger charge is -2.14. The lowest BCUT2D eigenvalue weighted by Crippen LogP contribution is -2.31. The largest absolute Gasteiger partial charge is 0.494 e. The first-order valence-electron chi connectivity index (χ1n) is 3.93. The Balaban J connectivity index is 3.02. The fourth-order valence-electron chi connectivity index (χ4n) is 0.991. The average molecular weight is 198 g/mol. The molecular weight excluding hydrogens is 187 g/mol. The summed E-state index contributed by atoms with van der Waals surface area (Å²) in [6, 6.07) is 3.52. The predicted octanol–water partition coefficient (Wildman–Crippen LogP) is 1.35. The van der Waals surface area contributed by atoms with E-state index in [1.54, 1.807) is 6.07 Å². The van der Waals surface area contributed by atoms with E-state index in [2.05, 4.69) is 0 Å². The first-order valence-corrected chi connectivity index (χ1v) is 3.93. The van der Waals surface area contributed by atoms with E-state index in [0.717, 1.165) is 4.90 Å². The van der Waals surface area contributed by atoms with Gasteiger partial charge in [0.15, 0.2) is 11.6 Å². The molecule has 1 rings (SSSR count). The van der Waals surface area contributed by atoms with Crippen LogP contribution >= 0.6 is 0 Å². The summed E-state index contributed by atoms with van der Waals surface area (Å²) in [4.78, 5) is 11.9. The minimum Gasteiger partial charge on any atom is -0.494 e. The highest BCUT2D eigenvalue weighted by atomic mass is 19.1. The normalized spacial score (nSPS) is 9.64. The van der Waals surface area contributed by atoms with E-state index in [1.807, 2.05) is 0 Å². The van der Waals surface area contributed by atoms with Crippen LogP contribution < -0.4 is 15.4 Å². The van der Waals surface area contributed by atoms with Crippen LogP contribution in [-0.4, -0.2) is 20.2 Å². The number of amides is 2. The second-order valence-electron chi connectivity index (χ2n) is 2.72. The van der Waals surface area contributed by atoms with Crippen molar-refractivity contribution in [3.63, 3.8) is 0 Å². The second-order valence-corrected chi connectivity index (χ2v) is 2.72. The van der Waals surface area contributed by atoms with Crippen molar-refractivity contribution in [1.82, 2.24) is 0 Å². The van der Waals surface area contributed by atoms with Crippen LogP contribution in [0.4, 0.5) is 14.9 Å². The van der Waals surface area contributed by atoms with Crippen molar-refractivity contribution in [2.75, 3.05) is 19.1 Å². The summed E-state index contributed by atoms with van der Waals surface area (Å²) < 4.78 is 17.9. The molecule has 0 bridgehead atoms. The van der Waals surface area contributed by atoms with E-state index < -0.39 is 11.8 Å². The maximum Gasteiger partial charge on any atom is 0.318 e. The number of nitrogens with two attached hydrogens (primary N) is 1. The van der Waals surface area contributed by atoms with Crippen LogP contribution in [0, 0.1) is 5.82 Å². The summed E-state index contributed by atoms with van der Waals surface area (Å²) >= 11 is 0. The molecule has 1 aromatic rings. The van der Waals surface area contributed by atoms with Crippen molar-refractivity contribution in [1.29, 1.82) is 0 Å². The molecule has 0 aliphatic heterocycles. The number of urea groups is 1. The number of halogens is 1. The van der Waals surface area contributed by atoms with Gasteiger partial charge in [-0.2, -0.15) is 0 Å². The number of benzene rings is 1. The van der Waals surface area contributed by atoms with Gasteiger partial charge in [-0.05, 0) is 12.1 Å². The Bertz CT molecular complexity index is 355. The van der Waals surface area contributed by atoms with Gasteiger partial charge in [-0.25, -0.2) is 9.18 Å². The van der Waals surface area contributed by atoms with Crippen LogP contribution in [0.15, 0.2) is 18.2 Å². The average Bonchev–Trinajstić information content (AvgIpc) is 2.16. The zero-order chi connectivity index (χ0) is 10.7. The summed E-state index contributed by atoms with van der Waals surface area (Å²) in [5.74, 6) is -0.398. The number of hydrogen-bond acceptors (Lipinski definition) is 2. The number of anilines is 1. The molecule has 0 fully saturated rings. The van der Waals surface area contributed by atoms with Gasteiger partial charge in [-0.3, -0.25) is 4.90 Å². The van der Waals surface area contributed by atoms with Crippen molar-refractivity contribution in [3.8, 4) is 5.75 Å². The molecule has 1 aromatic carbocycles. The van der Waals surface area contributed by atoms with Gasteiger partial charge in [0.25, 0.3) is 0 Å². The number of carbonyl (C=O) groups excluding carboxylic acids is 1. The molecule has 0 unspecified atom stereocenters. The Morgan fingerprint density at radius 1 is 1.57 bits per heavy atom. The summed E-state index contributed by atoms with van der Waals surface area (Å²) in [7, 11) is 2.83. The van der Waals surface area contributed by atoms with E-state index >= 15 is 0 Å². The van der Waals surface area contributed by atoms with E-state index in [1.165, 1.54) is 26.3 Å². The minimum absolute atomic E-state index is 0.131. The zero-order valence-corrected chi connectivity index (χ0v) is 7.95. The number of carbonyl (C=O) groups is 1. The van der Waals surface area contributed by atoms with Crippen molar-refractivity contribution >= 4 is 11.7 Å². The van der Waals surface area contributed by atoms with Crippen molar-refractivity contribution in [2.45, 2.75) is 0 Å². The number of methoxy groups -OCH3 is 1. The van der Waals surface area contributed by atoms with Crippen molar-refractivity contribution in [3.05, 3.63) is 24.0 Å². The van der Waals surface area contributed by atoms with E-state index in [-0.39, 0.29) is 5.75 Å². The predicted molar refractivity (Wildman–Crippen MR) is 50.9 cm³/mol. The molecule has 0 heterocycles. The molecule has 5 heteroatoms. The third kappa shape index (κ3) is 1.93. The quantitative estimate of drug-likeness (QED) is 0.779. The number of nitrogens with zero attached hydrogens (tertiary/aromatic N) is 1. The van der Waals surface area contributed by atoms with Crippen LogP contribution in [0.25, 0.3) is 0 Å². The second kappa shape index (κ2) is 3.95. The van der Waals surface area contributed by atoms with E-state index in [4.69, 9.17) is 10.5 Å². The molecule has 0 saturated carbocycles. The summed E-state index contributed by atoms with van der Waals surface area (Å²) in [6.45, 7) is 0. The van der Waals surface area contributed by atoms with Gasteiger partial charge in [0.2, 0.25) is 0 Å². The SMILES string of the molecule is COc1ccc(N(C)C(N)=O)cc1F. The molecule has 0 spiro atoms. The smallest absolute Gasteiger partial charge is 0.318 e. The molecule has 4 nitrogen and oxygen atoms in total. The number of rotatable bonds is 2. The molecule has 14 heavy (non-hydrogen) atoms. The molecule has 0 radical (unpaired) electrons. The first kappa shape index (κ1) is 10.3. The molecule has 0 aliphatic carbocycles. The lowest BCUT2D eigenvalue weighted by molar-refractivity contribution is 0.255. The first-order chi connectivity index (χ1) is 6.56. The molecule has 76 valence electrons. The summed E-state index contributed by atoms with van der Waals surface area (Å²) in [5.41, 5.74) is 5.41. The molecule has 0 saturated heterocycles. The molecular formula is C9H11FN2O2. The van der Waals surface area contributed by atoms with Gasteiger partial charge < -0.3 is 10.5 Å². The maximum atomic E-state index is 13.2.